The fraction of sp³-hybridized carbons (Fsp3) is 1.00. The van der Waals surface area contributed by atoms with Crippen molar-refractivity contribution in [2.24, 2.45) is 17.2 Å². The Labute approximate surface area is 118 Å². The molecule has 0 amide bonds. The Morgan fingerprint density at radius 2 is 2.11 bits per heavy atom. The number of hydrogen-bond donors (Lipinski definition) is 2. The average Bonchev–Trinajstić information content (AvgIpc) is 2.88. The van der Waals surface area contributed by atoms with Gasteiger partial charge in [0.05, 0.1) is 6.10 Å². The molecule has 1 saturated heterocycles. The van der Waals surface area contributed by atoms with Crippen molar-refractivity contribution in [1.82, 2.24) is 5.43 Å². The Bertz CT molecular complexity index is 261. The van der Waals surface area contributed by atoms with Gasteiger partial charge in [-0.25, -0.2) is 0 Å². The van der Waals surface area contributed by atoms with Crippen LogP contribution in [0.1, 0.15) is 71.6 Å². The van der Waals surface area contributed by atoms with Gasteiger partial charge >= 0.3 is 0 Å². The third-order valence-electron chi connectivity index (χ3n) is 5.36. The molecule has 2 rings (SSSR count). The molecule has 2 fully saturated rings. The molecule has 1 aliphatic carbocycles. The van der Waals surface area contributed by atoms with Gasteiger partial charge in [-0.2, -0.15) is 0 Å². The standard InChI is InChI=1S/C16H32N2O/c1-16(2)11-4-3-9-14(16)15(18-17)10-5-7-13-8-6-12-19-13/h13-15,18H,3-12,17H2,1-2H3. The first-order valence-electron chi connectivity index (χ1n) is 8.21. The number of hydrogen-bond acceptors (Lipinski definition) is 3. The number of hydrazine groups is 1. The highest BCUT2D eigenvalue weighted by Crippen LogP contribution is 2.43. The van der Waals surface area contributed by atoms with Crippen LogP contribution in [0.3, 0.4) is 0 Å². The number of ether oxygens (including phenoxy) is 1. The topological polar surface area (TPSA) is 47.3 Å². The number of rotatable bonds is 6. The summed E-state index contributed by atoms with van der Waals surface area (Å²) in [5, 5.41) is 0. The van der Waals surface area contributed by atoms with Crippen molar-refractivity contribution in [3.8, 4) is 0 Å². The molecule has 1 saturated carbocycles. The van der Waals surface area contributed by atoms with Gasteiger partial charge in [-0.05, 0) is 56.3 Å². The second-order valence-electron chi connectivity index (χ2n) is 7.18. The van der Waals surface area contributed by atoms with Crippen molar-refractivity contribution in [3.05, 3.63) is 0 Å². The minimum absolute atomic E-state index is 0.444. The van der Waals surface area contributed by atoms with Gasteiger partial charge in [-0.1, -0.05) is 26.7 Å². The smallest absolute Gasteiger partial charge is 0.0576 e. The minimum Gasteiger partial charge on any atom is -0.378 e. The normalized spacial score (nSPS) is 32.4. The molecular formula is C16H32N2O. The molecule has 0 spiro atoms. The van der Waals surface area contributed by atoms with E-state index in [9.17, 15) is 0 Å². The third-order valence-corrected chi connectivity index (χ3v) is 5.36. The van der Waals surface area contributed by atoms with Crippen LogP contribution in [-0.2, 0) is 4.74 Å². The summed E-state index contributed by atoms with van der Waals surface area (Å²) in [6.45, 7) is 5.81. The Morgan fingerprint density at radius 3 is 2.74 bits per heavy atom. The van der Waals surface area contributed by atoms with Crippen molar-refractivity contribution in [3.63, 3.8) is 0 Å². The van der Waals surface area contributed by atoms with E-state index in [4.69, 9.17) is 10.6 Å². The van der Waals surface area contributed by atoms with Crippen LogP contribution in [0.2, 0.25) is 0 Å². The zero-order valence-corrected chi connectivity index (χ0v) is 12.8. The highest BCUT2D eigenvalue weighted by molar-refractivity contribution is 4.89. The molecule has 112 valence electrons. The second kappa shape index (κ2) is 7.05. The van der Waals surface area contributed by atoms with Gasteiger partial charge < -0.3 is 4.74 Å². The zero-order valence-electron chi connectivity index (χ0n) is 12.8. The molecule has 19 heavy (non-hydrogen) atoms. The monoisotopic (exact) mass is 268 g/mol. The molecule has 2 aliphatic rings. The highest BCUT2D eigenvalue weighted by Gasteiger charge is 2.36. The van der Waals surface area contributed by atoms with Gasteiger partial charge in [0.1, 0.15) is 0 Å². The Balaban J connectivity index is 1.77. The summed E-state index contributed by atoms with van der Waals surface area (Å²) in [7, 11) is 0. The largest absolute Gasteiger partial charge is 0.378 e. The minimum atomic E-state index is 0.444. The van der Waals surface area contributed by atoms with E-state index in [1.165, 1.54) is 57.8 Å². The second-order valence-corrected chi connectivity index (χ2v) is 7.18. The van der Waals surface area contributed by atoms with Crippen LogP contribution in [0.15, 0.2) is 0 Å². The first-order chi connectivity index (χ1) is 9.13. The average molecular weight is 268 g/mol. The highest BCUT2D eigenvalue weighted by atomic mass is 16.5. The van der Waals surface area contributed by atoms with E-state index in [2.05, 4.69) is 19.3 Å². The van der Waals surface area contributed by atoms with Gasteiger partial charge in [-0.15, -0.1) is 0 Å². The molecule has 1 heterocycles. The Morgan fingerprint density at radius 1 is 1.26 bits per heavy atom. The summed E-state index contributed by atoms with van der Waals surface area (Å²) in [5.74, 6) is 6.57. The molecule has 3 heteroatoms. The quantitative estimate of drug-likeness (QED) is 0.573. The lowest BCUT2D eigenvalue weighted by molar-refractivity contribution is 0.0827. The van der Waals surface area contributed by atoms with Crippen molar-refractivity contribution in [1.29, 1.82) is 0 Å². The molecule has 0 aromatic carbocycles. The van der Waals surface area contributed by atoms with E-state index < -0.39 is 0 Å². The molecule has 0 radical (unpaired) electrons. The lowest BCUT2D eigenvalue weighted by atomic mass is 9.65. The zero-order chi connectivity index (χ0) is 13.7. The molecular weight excluding hydrogens is 236 g/mol. The van der Waals surface area contributed by atoms with E-state index in [-0.39, 0.29) is 0 Å². The number of nitrogens with one attached hydrogen (secondary N) is 1. The molecule has 3 unspecified atom stereocenters. The fourth-order valence-electron chi connectivity index (χ4n) is 4.10. The maximum Gasteiger partial charge on any atom is 0.0576 e. The molecule has 3 N–H and O–H groups in total. The summed E-state index contributed by atoms with van der Waals surface area (Å²) in [6.07, 6.45) is 12.1. The van der Waals surface area contributed by atoms with Crippen LogP contribution in [-0.4, -0.2) is 18.8 Å². The van der Waals surface area contributed by atoms with Crippen molar-refractivity contribution >= 4 is 0 Å². The molecule has 3 atom stereocenters. The van der Waals surface area contributed by atoms with Crippen LogP contribution < -0.4 is 11.3 Å². The third kappa shape index (κ3) is 4.17. The summed E-state index contributed by atoms with van der Waals surface area (Å²) in [6, 6.07) is 0.483. The predicted molar refractivity (Wildman–Crippen MR) is 79.7 cm³/mol. The van der Waals surface area contributed by atoms with Crippen molar-refractivity contribution in [2.45, 2.75) is 83.8 Å². The summed E-state index contributed by atoms with van der Waals surface area (Å²) in [5.41, 5.74) is 3.56. The van der Waals surface area contributed by atoms with Gasteiger partial charge in [0, 0.05) is 12.6 Å². The number of nitrogens with two attached hydrogens (primary N) is 1. The summed E-state index contributed by atoms with van der Waals surface area (Å²) < 4.78 is 5.70. The van der Waals surface area contributed by atoms with Crippen LogP contribution in [0, 0.1) is 11.3 Å². The van der Waals surface area contributed by atoms with Crippen LogP contribution in [0.4, 0.5) is 0 Å². The first kappa shape index (κ1) is 15.3. The predicted octanol–water partition coefficient (Wildman–Crippen LogP) is 3.38. The Hall–Kier alpha value is -0.120. The van der Waals surface area contributed by atoms with E-state index >= 15 is 0 Å². The lowest BCUT2D eigenvalue weighted by Crippen LogP contribution is -2.47. The maximum atomic E-state index is 5.84. The summed E-state index contributed by atoms with van der Waals surface area (Å²) >= 11 is 0. The SMILES string of the molecule is CC1(C)CCCCC1C(CCCC1CCCO1)NN. The van der Waals surface area contributed by atoms with Crippen molar-refractivity contribution < 1.29 is 4.74 Å². The van der Waals surface area contributed by atoms with Gasteiger partial charge in [0.15, 0.2) is 0 Å². The van der Waals surface area contributed by atoms with E-state index in [0.717, 1.165) is 12.5 Å². The van der Waals surface area contributed by atoms with Crippen LogP contribution >= 0.6 is 0 Å². The Kier molecular flexibility index (Phi) is 5.67. The molecule has 3 nitrogen and oxygen atoms in total. The van der Waals surface area contributed by atoms with Crippen LogP contribution in [0.5, 0.6) is 0 Å². The van der Waals surface area contributed by atoms with E-state index in [1.54, 1.807) is 0 Å². The summed E-state index contributed by atoms with van der Waals surface area (Å²) in [4.78, 5) is 0. The van der Waals surface area contributed by atoms with Gasteiger partial charge in [0.25, 0.3) is 0 Å². The molecule has 0 aromatic heterocycles. The lowest BCUT2D eigenvalue weighted by Gasteiger charge is -2.43. The first-order valence-corrected chi connectivity index (χ1v) is 8.21. The molecule has 0 bridgehead atoms. The molecule has 0 aromatic rings. The van der Waals surface area contributed by atoms with Crippen molar-refractivity contribution in [2.75, 3.05) is 6.61 Å². The fourth-order valence-corrected chi connectivity index (χ4v) is 4.10. The maximum absolute atomic E-state index is 5.84. The van der Waals surface area contributed by atoms with E-state index in [0.29, 0.717) is 17.6 Å². The van der Waals surface area contributed by atoms with E-state index in [1.807, 2.05) is 0 Å². The van der Waals surface area contributed by atoms with Gasteiger partial charge in [-0.3, -0.25) is 11.3 Å². The van der Waals surface area contributed by atoms with Crippen LogP contribution in [0.25, 0.3) is 0 Å². The molecule has 1 aliphatic heterocycles. The van der Waals surface area contributed by atoms with Gasteiger partial charge in [0.2, 0.25) is 0 Å².